The predicted molar refractivity (Wildman–Crippen MR) is 97.8 cm³/mol. The maximum Gasteiger partial charge on any atom is 0.282 e. The second-order valence-corrected chi connectivity index (χ2v) is 7.00. The number of hydrogen-bond acceptors (Lipinski definition) is 3. The first-order valence-corrected chi connectivity index (χ1v) is 8.97. The fraction of sp³-hybridized carbons (Fsp3) is 0.579. The van der Waals surface area contributed by atoms with Crippen molar-refractivity contribution in [1.29, 1.82) is 0 Å². The van der Waals surface area contributed by atoms with E-state index in [9.17, 15) is 9.59 Å². The van der Waals surface area contributed by atoms with Gasteiger partial charge in [0.15, 0.2) is 12.6 Å². The SMILES string of the molecule is CC(C)c1ccc(NC(=O)[C@H](C)[NH+](C)CC(=O)N2CCOCC2)cc1. The van der Waals surface area contributed by atoms with Crippen molar-refractivity contribution in [1.82, 2.24) is 4.90 Å². The Bertz CT molecular complexity index is 580. The minimum atomic E-state index is -0.310. The molecular formula is C19H30N3O3+. The second-order valence-electron chi connectivity index (χ2n) is 7.00. The Labute approximate surface area is 150 Å². The van der Waals surface area contributed by atoms with Gasteiger partial charge in [-0.05, 0) is 30.5 Å². The van der Waals surface area contributed by atoms with Gasteiger partial charge in [-0.3, -0.25) is 9.59 Å². The summed E-state index contributed by atoms with van der Waals surface area (Å²) in [6, 6.07) is 7.60. The van der Waals surface area contributed by atoms with Crippen LogP contribution in [0.5, 0.6) is 0 Å². The predicted octanol–water partition coefficient (Wildman–Crippen LogP) is 0.511. The van der Waals surface area contributed by atoms with Crippen molar-refractivity contribution in [2.45, 2.75) is 32.7 Å². The number of likely N-dealkylation sites (N-methyl/N-ethyl adjacent to an activating group) is 1. The van der Waals surface area contributed by atoms with E-state index in [2.05, 4.69) is 19.2 Å². The van der Waals surface area contributed by atoms with Gasteiger partial charge in [0.2, 0.25) is 0 Å². The number of anilines is 1. The van der Waals surface area contributed by atoms with Gasteiger partial charge in [-0.25, -0.2) is 0 Å². The lowest BCUT2D eigenvalue weighted by atomic mass is 10.0. The normalized spacial score (nSPS) is 17.2. The fourth-order valence-corrected chi connectivity index (χ4v) is 2.74. The molecule has 25 heavy (non-hydrogen) atoms. The van der Waals surface area contributed by atoms with E-state index >= 15 is 0 Å². The largest absolute Gasteiger partial charge is 0.378 e. The summed E-state index contributed by atoms with van der Waals surface area (Å²) in [5.74, 6) is 0.455. The summed E-state index contributed by atoms with van der Waals surface area (Å²) < 4.78 is 5.27. The summed E-state index contributed by atoms with van der Waals surface area (Å²) in [6.45, 7) is 8.88. The third-order valence-corrected chi connectivity index (χ3v) is 4.77. The lowest BCUT2D eigenvalue weighted by molar-refractivity contribution is -0.886. The highest BCUT2D eigenvalue weighted by Crippen LogP contribution is 2.17. The Hall–Kier alpha value is -1.92. The molecule has 2 atom stereocenters. The van der Waals surface area contributed by atoms with Crippen molar-refractivity contribution in [2.24, 2.45) is 0 Å². The van der Waals surface area contributed by atoms with Gasteiger partial charge in [-0.15, -0.1) is 0 Å². The van der Waals surface area contributed by atoms with Gasteiger partial charge in [0.1, 0.15) is 0 Å². The fourth-order valence-electron chi connectivity index (χ4n) is 2.74. The minimum absolute atomic E-state index is 0.0711. The molecule has 0 bridgehead atoms. The summed E-state index contributed by atoms with van der Waals surface area (Å²) in [4.78, 5) is 27.5. The highest BCUT2D eigenvalue weighted by Gasteiger charge is 2.27. The van der Waals surface area contributed by atoms with Crippen LogP contribution in [0.15, 0.2) is 24.3 Å². The molecule has 1 aliphatic rings. The molecule has 1 aromatic rings. The number of benzene rings is 1. The van der Waals surface area contributed by atoms with E-state index in [0.29, 0.717) is 38.8 Å². The van der Waals surface area contributed by atoms with Gasteiger partial charge in [0.25, 0.3) is 11.8 Å². The van der Waals surface area contributed by atoms with Gasteiger partial charge < -0.3 is 19.9 Å². The van der Waals surface area contributed by atoms with Crippen molar-refractivity contribution < 1.29 is 19.2 Å². The van der Waals surface area contributed by atoms with E-state index in [-0.39, 0.29) is 17.9 Å². The smallest absolute Gasteiger partial charge is 0.282 e. The Morgan fingerprint density at radius 2 is 1.76 bits per heavy atom. The molecule has 1 saturated heterocycles. The number of morpholine rings is 1. The van der Waals surface area contributed by atoms with Gasteiger partial charge in [0, 0.05) is 18.8 Å². The molecule has 0 spiro atoms. The number of nitrogens with zero attached hydrogens (tertiary/aromatic N) is 1. The van der Waals surface area contributed by atoms with Crippen molar-refractivity contribution >= 4 is 17.5 Å². The molecule has 1 unspecified atom stereocenters. The van der Waals surface area contributed by atoms with E-state index in [0.717, 1.165) is 10.6 Å². The molecule has 1 fully saturated rings. The molecule has 1 heterocycles. The second kappa shape index (κ2) is 8.97. The molecule has 1 aliphatic heterocycles. The zero-order valence-electron chi connectivity index (χ0n) is 15.7. The van der Waals surface area contributed by atoms with Crippen molar-refractivity contribution in [3.8, 4) is 0 Å². The van der Waals surface area contributed by atoms with E-state index < -0.39 is 0 Å². The van der Waals surface area contributed by atoms with Crippen LogP contribution < -0.4 is 10.2 Å². The summed E-state index contributed by atoms with van der Waals surface area (Å²) in [7, 11) is 1.88. The number of quaternary nitrogens is 1. The highest BCUT2D eigenvalue weighted by atomic mass is 16.5. The Morgan fingerprint density at radius 3 is 2.32 bits per heavy atom. The van der Waals surface area contributed by atoms with Gasteiger partial charge >= 0.3 is 0 Å². The monoisotopic (exact) mass is 348 g/mol. The summed E-state index contributed by atoms with van der Waals surface area (Å²) in [6.07, 6.45) is 0. The van der Waals surface area contributed by atoms with E-state index in [1.54, 1.807) is 0 Å². The van der Waals surface area contributed by atoms with Crippen LogP contribution in [0.2, 0.25) is 0 Å². The molecule has 0 radical (unpaired) electrons. The number of carbonyl (C=O) groups is 2. The number of rotatable bonds is 6. The first kappa shape index (κ1) is 19.4. The van der Waals surface area contributed by atoms with Gasteiger partial charge in [-0.1, -0.05) is 26.0 Å². The third-order valence-electron chi connectivity index (χ3n) is 4.77. The lowest BCUT2D eigenvalue weighted by Crippen LogP contribution is -3.15. The van der Waals surface area contributed by atoms with E-state index in [1.807, 2.05) is 43.1 Å². The molecular weight excluding hydrogens is 318 g/mol. The van der Waals surface area contributed by atoms with Crippen LogP contribution in [0.25, 0.3) is 0 Å². The van der Waals surface area contributed by atoms with E-state index in [4.69, 9.17) is 4.74 Å². The van der Waals surface area contributed by atoms with Crippen LogP contribution in [-0.4, -0.2) is 62.7 Å². The maximum atomic E-state index is 12.5. The van der Waals surface area contributed by atoms with Crippen molar-refractivity contribution in [2.75, 3.05) is 45.2 Å². The molecule has 2 amide bonds. The third kappa shape index (κ3) is 5.54. The Morgan fingerprint density at radius 1 is 1.16 bits per heavy atom. The summed E-state index contributed by atoms with van der Waals surface area (Å²) in [5, 5.41) is 2.94. The standard InChI is InChI=1S/C19H29N3O3/c1-14(2)16-5-7-17(8-6-16)20-19(24)15(3)21(4)13-18(23)22-9-11-25-12-10-22/h5-8,14-15H,9-13H2,1-4H3,(H,20,24)/p+1/t15-/m0/s1. The number of nitrogens with one attached hydrogen (secondary N) is 2. The average molecular weight is 348 g/mol. The number of hydrogen-bond donors (Lipinski definition) is 2. The average Bonchev–Trinajstić information content (AvgIpc) is 2.62. The van der Waals surface area contributed by atoms with Crippen LogP contribution in [-0.2, 0) is 14.3 Å². The van der Waals surface area contributed by atoms with Crippen LogP contribution in [0, 0.1) is 0 Å². The summed E-state index contributed by atoms with van der Waals surface area (Å²) in [5.41, 5.74) is 2.03. The van der Waals surface area contributed by atoms with Crippen LogP contribution >= 0.6 is 0 Å². The van der Waals surface area contributed by atoms with Crippen LogP contribution in [0.1, 0.15) is 32.3 Å². The number of carbonyl (C=O) groups excluding carboxylic acids is 2. The van der Waals surface area contributed by atoms with E-state index in [1.165, 1.54) is 5.56 Å². The van der Waals surface area contributed by atoms with Crippen molar-refractivity contribution in [3.05, 3.63) is 29.8 Å². The molecule has 0 aromatic heterocycles. The van der Waals surface area contributed by atoms with Gasteiger partial charge in [-0.2, -0.15) is 0 Å². The number of ether oxygens (including phenoxy) is 1. The van der Waals surface area contributed by atoms with Crippen molar-refractivity contribution in [3.63, 3.8) is 0 Å². The quantitative estimate of drug-likeness (QED) is 0.787. The van der Waals surface area contributed by atoms with Crippen LogP contribution in [0.4, 0.5) is 5.69 Å². The maximum absolute atomic E-state index is 12.5. The first-order chi connectivity index (χ1) is 11.9. The lowest BCUT2D eigenvalue weighted by Gasteiger charge is -2.28. The molecule has 138 valence electrons. The first-order valence-electron chi connectivity index (χ1n) is 8.97. The zero-order valence-corrected chi connectivity index (χ0v) is 15.7. The zero-order chi connectivity index (χ0) is 18.4. The molecule has 0 saturated carbocycles. The molecule has 6 nitrogen and oxygen atoms in total. The Balaban J connectivity index is 1.86. The molecule has 2 N–H and O–H groups in total. The van der Waals surface area contributed by atoms with Gasteiger partial charge in [0.05, 0.1) is 20.3 Å². The molecule has 0 aliphatic carbocycles. The summed E-state index contributed by atoms with van der Waals surface area (Å²) >= 11 is 0. The highest BCUT2D eigenvalue weighted by molar-refractivity contribution is 5.93. The Kier molecular flexibility index (Phi) is 6.96. The molecule has 1 aromatic carbocycles. The molecule has 6 heteroatoms. The minimum Gasteiger partial charge on any atom is -0.378 e. The molecule has 2 rings (SSSR count). The topological polar surface area (TPSA) is 63.1 Å². The number of amides is 2. The van der Waals surface area contributed by atoms with Crippen LogP contribution in [0.3, 0.4) is 0 Å².